The van der Waals surface area contributed by atoms with Crippen LogP contribution in [0, 0.1) is 0 Å². The molecule has 2 aliphatic rings. The number of carbonyl (C=O) groups is 1. The molecule has 0 atom stereocenters. The molecule has 116 valence electrons. The highest BCUT2D eigenvalue weighted by Crippen LogP contribution is 2.25. The smallest absolute Gasteiger partial charge is 0.289 e. The van der Waals surface area contributed by atoms with Gasteiger partial charge in [-0.05, 0) is 25.0 Å². The van der Waals surface area contributed by atoms with Gasteiger partial charge in [-0.2, -0.15) is 0 Å². The van der Waals surface area contributed by atoms with Crippen molar-refractivity contribution in [3.63, 3.8) is 0 Å². The summed E-state index contributed by atoms with van der Waals surface area (Å²) in [4.78, 5) is 17.1. The third-order valence-corrected chi connectivity index (χ3v) is 5.08. The molecule has 4 heteroatoms. The summed E-state index contributed by atoms with van der Waals surface area (Å²) in [7, 11) is 0. The van der Waals surface area contributed by atoms with Gasteiger partial charge in [-0.3, -0.25) is 9.69 Å². The minimum atomic E-state index is 0.0299. The van der Waals surface area contributed by atoms with E-state index in [1.165, 1.54) is 25.7 Å². The first-order valence-electron chi connectivity index (χ1n) is 8.33. The van der Waals surface area contributed by atoms with E-state index in [0.29, 0.717) is 5.76 Å². The lowest BCUT2D eigenvalue weighted by molar-refractivity contribution is 0.0547. The SMILES string of the molecule is O=C(c1cc2ccccc2o1)N1CCN(C2CCCC2)CC1. The zero-order chi connectivity index (χ0) is 14.9. The maximum atomic E-state index is 12.6. The molecular formula is C18H22N2O2. The van der Waals surface area contributed by atoms with Crippen molar-refractivity contribution in [3.05, 3.63) is 36.1 Å². The van der Waals surface area contributed by atoms with Crippen molar-refractivity contribution in [2.45, 2.75) is 31.7 Å². The lowest BCUT2D eigenvalue weighted by Crippen LogP contribution is -2.51. The number of hydrogen-bond donors (Lipinski definition) is 0. The largest absolute Gasteiger partial charge is 0.451 e. The lowest BCUT2D eigenvalue weighted by Gasteiger charge is -2.37. The van der Waals surface area contributed by atoms with E-state index >= 15 is 0 Å². The zero-order valence-corrected chi connectivity index (χ0v) is 12.8. The van der Waals surface area contributed by atoms with Crippen LogP contribution in [0.5, 0.6) is 0 Å². The van der Waals surface area contributed by atoms with Crippen LogP contribution in [-0.2, 0) is 0 Å². The van der Waals surface area contributed by atoms with Crippen molar-refractivity contribution in [1.29, 1.82) is 0 Å². The van der Waals surface area contributed by atoms with E-state index in [1.807, 2.05) is 35.2 Å². The number of hydrogen-bond acceptors (Lipinski definition) is 3. The van der Waals surface area contributed by atoms with Gasteiger partial charge >= 0.3 is 0 Å². The molecule has 1 amide bonds. The van der Waals surface area contributed by atoms with Crippen molar-refractivity contribution >= 4 is 16.9 Å². The first-order chi connectivity index (χ1) is 10.8. The number of rotatable bonds is 2. The minimum Gasteiger partial charge on any atom is -0.451 e. The third-order valence-electron chi connectivity index (χ3n) is 5.08. The molecule has 0 spiro atoms. The number of benzene rings is 1. The van der Waals surface area contributed by atoms with Gasteiger partial charge in [-0.15, -0.1) is 0 Å². The predicted octanol–water partition coefficient (Wildman–Crippen LogP) is 3.13. The topological polar surface area (TPSA) is 36.7 Å². The van der Waals surface area contributed by atoms with Crippen LogP contribution in [0.3, 0.4) is 0 Å². The van der Waals surface area contributed by atoms with E-state index in [2.05, 4.69) is 4.90 Å². The Morgan fingerprint density at radius 2 is 1.77 bits per heavy atom. The van der Waals surface area contributed by atoms with Crippen LogP contribution >= 0.6 is 0 Å². The van der Waals surface area contributed by atoms with E-state index < -0.39 is 0 Å². The summed E-state index contributed by atoms with van der Waals surface area (Å²) < 4.78 is 5.70. The number of fused-ring (bicyclic) bond motifs is 1. The highest BCUT2D eigenvalue weighted by Gasteiger charge is 2.29. The fourth-order valence-electron chi connectivity index (χ4n) is 3.80. The van der Waals surface area contributed by atoms with Crippen molar-refractivity contribution in [2.75, 3.05) is 26.2 Å². The monoisotopic (exact) mass is 298 g/mol. The van der Waals surface area contributed by atoms with Gasteiger partial charge in [0.15, 0.2) is 5.76 Å². The molecule has 1 aromatic carbocycles. The summed E-state index contributed by atoms with van der Waals surface area (Å²) in [6.07, 6.45) is 5.39. The lowest BCUT2D eigenvalue weighted by atomic mass is 10.1. The number of carbonyl (C=O) groups excluding carboxylic acids is 1. The Bertz CT molecular complexity index is 632. The molecule has 2 heterocycles. The predicted molar refractivity (Wildman–Crippen MR) is 85.9 cm³/mol. The molecule has 1 aliphatic carbocycles. The summed E-state index contributed by atoms with van der Waals surface area (Å²) in [6.45, 7) is 3.62. The number of para-hydroxylation sites is 1. The molecule has 1 aromatic heterocycles. The van der Waals surface area contributed by atoms with Crippen LogP contribution in [0.2, 0.25) is 0 Å². The molecule has 0 bridgehead atoms. The quantitative estimate of drug-likeness (QED) is 0.854. The molecule has 0 N–H and O–H groups in total. The summed E-state index contributed by atoms with van der Waals surface area (Å²) in [5, 5.41) is 0.996. The highest BCUT2D eigenvalue weighted by molar-refractivity contribution is 5.96. The standard InChI is InChI=1S/C18H22N2O2/c21-18(17-13-14-5-1-4-8-16(14)22-17)20-11-9-19(10-12-20)15-6-2-3-7-15/h1,4-5,8,13,15H,2-3,6-7,9-12H2. The molecule has 1 saturated heterocycles. The average molecular weight is 298 g/mol. The Kier molecular flexibility index (Phi) is 3.62. The zero-order valence-electron chi connectivity index (χ0n) is 12.8. The Morgan fingerprint density at radius 1 is 1.05 bits per heavy atom. The number of amides is 1. The Hall–Kier alpha value is -1.81. The normalized spacial score (nSPS) is 20.8. The molecule has 2 aromatic rings. The summed E-state index contributed by atoms with van der Waals surface area (Å²) >= 11 is 0. The van der Waals surface area contributed by atoms with Crippen LogP contribution in [0.4, 0.5) is 0 Å². The van der Waals surface area contributed by atoms with Crippen LogP contribution in [0.15, 0.2) is 34.7 Å². The summed E-state index contributed by atoms with van der Waals surface area (Å²) in [5.41, 5.74) is 0.787. The number of nitrogens with zero attached hydrogens (tertiary/aromatic N) is 2. The molecule has 2 fully saturated rings. The van der Waals surface area contributed by atoms with Crippen LogP contribution < -0.4 is 0 Å². The van der Waals surface area contributed by atoms with E-state index in [-0.39, 0.29) is 5.91 Å². The van der Waals surface area contributed by atoms with Crippen molar-refractivity contribution in [1.82, 2.24) is 9.80 Å². The van der Waals surface area contributed by atoms with Gasteiger partial charge in [0.25, 0.3) is 5.91 Å². The van der Waals surface area contributed by atoms with Gasteiger partial charge in [-0.1, -0.05) is 31.0 Å². The maximum Gasteiger partial charge on any atom is 0.289 e. The highest BCUT2D eigenvalue weighted by atomic mass is 16.3. The summed E-state index contributed by atoms with van der Waals surface area (Å²) in [5.74, 6) is 0.498. The first kappa shape index (κ1) is 13.8. The molecule has 1 aliphatic heterocycles. The maximum absolute atomic E-state index is 12.6. The fourth-order valence-corrected chi connectivity index (χ4v) is 3.80. The second-order valence-corrected chi connectivity index (χ2v) is 6.41. The molecule has 4 rings (SSSR count). The van der Waals surface area contributed by atoms with Crippen molar-refractivity contribution in [3.8, 4) is 0 Å². The molecular weight excluding hydrogens is 276 g/mol. The Labute approximate surface area is 130 Å². The van der Waals surface area contributed by atoms with Gasteiger partial charge in [0.1, 0.15) is 5.58 Å². The van der Waals surface area contributed by atoms with Crippen LogP contribution in [0.1, 0.15) is 36.2 Å². The summed E-state index contributed by atoms with van der Waals surface area (Å²) in [6, 6.07) is 10.4. The second kappa shape index (κ2) is 5.76. The minimum absolute atomic E-state index is 0.0299. The number of piperazine rings is 1. The van der Waals surface area contributed by atoms with Crippen molar-refractivity contribution in [2.24, 2.45) is 0 Å². The second-order valence-electron chi connectivity index (χ2n) is 6.41. The van der Waals surface area contributed by atoms with Gasteiger partial charge in [0, 0.05) is 37.6 Å². The average Bonchev–Trinajstić information content (AvgIpc) is 3.23. The van der Waals surface area contributed by atoms with Crippen LogP contribution in [0.25, 0.3) is 11.0 Å². The first-order valence-corrected chi connectivity index (χ1v) is 8.33. The Balaban J connectivity index is 1.43. The number of furan rings is 1. The van der Waals surface area contributed by atoms with Gasteiger partial charge < -0.3 is 9.32 Å². The van der Waals surface area contributed by atoms with Gasteiger partial charge in [-0.25, -0.2) is 0 Å². The Morgan fingerprint density at radius 3 is 2.50 bits per heavy atom. The molecule has 0 unspecified atom stereocenters. The van der Waals surface area contributed by atoms with E-state index in [4.69, 9.17) is 4.42 Å². The molecule has 22 heavy (non-hydrogen) atoms. The third kappa shape index (κ3) is 2.52. The molecule has 4 nitrogen and oxygen atoms in total. The van der Waals surface area contributed by atoms with E-state index in [0.717, 1.165) is 43.2 Å². The van der Waals surface area contributed by atoms with Crippen LogP contribution in [-0.4, -0.2) is 47.9 Å². The van der Waals surface area contributed by atoms with Gasteiger partial charge in [0.2, 0.25) is 0 Å². The van der Waals surface area contributed by atoms with Gasteiger partial charge in [0.05, 0.1) is 0 Å². The van der Waals surface area contributed by atoms with Crippen molar-refractivity contribution < 1.29 is 9.21 Å². The van der Waals surface area contributed by atoms with E-state index in [9.17, 15) is 4.79 Å². The fraction of sp³-hybridized carbons (Fsp3) is 0.500. The van der Waals surface area contributed by atoms with E-state index in [1.54, 1.807) is 0 Å². The molecule has 0 radical (unpaired) electrons. The molecule has 1 saturated carbocycles.